The highest BCUT2D eigenvalue weighted by molar-refractivity contribution is 6.29. The number of benzene rings is 1. The number of carbonyl (C=O) groups is 1. The summed E-state index contributed by atoms with van der Waals surface area (Å²) in [5.74, 6) is -0.792. The van der Waals surface area contributed by atoms with E-state index in [0.717, 1.165) is 13.8 Å². The number of rotatable bonds is 3. The number of aryl methyl sites for hydroxylation is 2. The van der Waals surface area contributed by atoms with Crippen molar-refractivity contribution >= 4 is 23.2 Å². The zero-order valence-electron chi connectivity index (χ0n) is 14.3. The van der Waals surface area contributed by atoms with Crippen molar-refractivity contribution in [2.24, 2.45) is 0 Å². The highest BCUT2D eigenvalue weighted by Gasteiger charge is 2.73. The number of nitrogens with zero attached hydrogens (tertiary/aromatic N) is 1. The van der Waals surface area contributed by atoms with Gasteiger partial charge in [-0.05, 0) is 37.1 Å². The second kappa shape index (κ2) is 7.23. The average Bonchev–Trinajstić information content (AvgIpc) is 2.54. The summed E-state index contributed by atoms with van der Waals surface area (Å²) in [5, 5.41) is 2.34. The van der Waals surface area contributed by atoms with Gasteiger partial charge in [0, 0.05) is 11.3 Å². The molecule has 11 heteroatoms. The lowest BCUT2D eigenvalue weighted by Crippen LogP contribution is -2.50. The van der Waals surface area contributed by atoms with Gasteiger partial charge in [0.15, 0.2) is 0 Å². The smallest absolute Gasteiger partial charge is 0.320 e. The number of halogens is 8. The molecular formula is C17H12ClF7N2O. The third-order valence-corrected chi connectivity index (χ3v) is 4.11. The molecular weight excluding hydrogens is 417 g/mol. The molecule has 0 saturated heterocycles. The van der Waals surface area contributed by atoms with Crippen molar-refractivity contribution in [3.05, 3.63) is 57.9 Å². The molecule has 1 aromatic heterocycles. The van der Waals surface area contributed by atoms with E-state index in [2.05, 4.69) is 10.3 Å². The number of hydrogen-bond acceptors (Lipinski definition) is 2. The van der Waals surface area contributed by atoms with Crippen molar-refractivity contribution in [1.29, 1.82) is 0 Å². The Bertz CT molecular complexity index is 872. The topological polar surface area (TPSA) is 42.0 Å². The molecule has 152 valence electrons. The molecule has 0 saturated carbocycles. The van der Waals surface area contributed by atoms with Crippen molar-refractivity contribution in [3.8, 4) is 0 Å². The summed E-state index contributed by atoms with van der Waals surface area (Å²) in [6.07, 6.45) is -12.4. The number of carbonyl (C=O) groups excluding carboxylic acids is 1. The molecule has 0 unspecified atom stereocenters. The predicted octanol–water partition coefficient (Wildman–Crippen LogP) is 5.89. The van der Waals surface area contributed by atoms with Crippen molar-refractivity contribution in [2.45, 2.75) is 31.9 Å². The van der Waals surface area contributed by atoms with Crippen LogP contribution in [0.1, 0.15) is 27.2 Å². The summed E-state index contributed by atoms with van der Waals surface area (Å²) >= 11 is 5.66. The van der Waals surface area contributed by atoms with Gasteiger partial charge in [-0.25, -0.2) is 9.37 Å². The van der Waals surface area contributed by atoms with E-state index in [9.17, 15) is 35.5 Å². The van der Waals surface area contributed by atoms with Crippen molar-refractivity contribution < 1.29 is 35.5 Å². The average molecular weight is 429 g/mol. The monoisotopic (exact) mass is 428 g/mol. The van der Waals surface area contributed by atoms with Gasteiger partial charge in [-0.15, -0.1) is 0 Å². The van der Waals surface area contributed by atoms with E-state index in [1.54, 1.807) is 0 Å². The third-order valence-electron chi connectivity index (χ3n) is 3.90. The molecule has 1 aromatic carbocycles. The highest BCUT2D eigenvalue weighted by Crippen LogP contribution is 2.53. The van der Waals surface area contributed by atoms with Gasteiger partial charge in [-0.1, -0.05) is 29.8 Å². The first-order chi connectivity index (χ1) is 12.7. The fourth-order valence-electron chi connectivity index (χ4n) is 2.56. The summed E-state index contributed by atoms with van der Waals surface area (Å²) < 4.78 is 91.8. The minimum absolute atomic E-state index is 0.00834. The van der Waals surface area contributed by atoms with E-state index >= 15 is 0 Å². The van der Waals surface area contributed by atoms with Gasteiger partial charge < -0.3 is 5.32 Å². The van der Waals surface area contributed by atoms with Gasteiger partial charge in [0.1, 0.15) is 10.8 Å². The molecule has 2 rings (SSSR count). The van der Waals surface area contributed by atoms with E-state index in [0.29, 0.717) is 12.1 Å². The Kier molecular flexibility index (Phi) is 5.66. The summed E-state index contributed by atoms with van der Waals surface area (Å²) in [4.78, 5) is 16.0. The summed E-state index contributed by atoms with van der Waals surface area (Å²) in [6, 6.07) is 4.93. The van der Waals surface area contributed by atoms with Gasteiger partial charge >= 0.3 is 18.0 Å². The number of pyridine rings is 1. The molecule has 0 fully saturated rings. The van der Waals surface area contributed by atoms with Gasteiger partial charge in [-0.2, -0.15) is 26.3 Å². The number of anilines is 1. The first-order valence-electron chi connectivity index (χ1n) is 7.56. The van der Waals surface area contributed by atoms with Crippen LogP contribution < -0.4 is 5.32 Å². The second-order valence-electron chi connectivity index (χ2n) is 5.94. The maximum Gasteiger partial charge on any atom is 0.435 e. The zero-order valence-corrected chi connectivity index (χ0v) is 15.0. The molecule has 0 bridgehead atoms. The highest BCUT2D eigenvalue weighted by atomic mass is 35.5. The lowest BCUT2D eigenvalue weighted by atomic mass is 9.90. The Balaban J connectivity index is 2.49. The van der Waals surface area contributed by atoms with Crippen molar-refractivity contribution in [2.75, 3.05) is 5.32 Å². The normalized spacial score (nSPS) is 12.8. The number of hydrogen-bond donors (Lipinski definition) is 1. The fraction of sp³-hybridized carbons (Fsp3) is 0.294. The molecule has 1 N–H and O–H groups in total. The summed E-state index contributed by atoms with van der Waals surface area (Å²) in [6.45, 7) is 2.29. The molecule has 0 radical (unpaired) electrons. The number of alkyl halides is 7. The van der Waals surface area contributed by atoms with Crippen LogP contribution in [0.3, 0.4) is 0 Å². The van der Waals surface area contributed by atoms with E-state index in [1.807, 2.05) is 0 Å². The molecule has 28 heavy (non-hydrogen) atoms. The van der Waals surface area contributed by atoms with E-state index in [1.165, 1.54) is 18.2 Å². The SMILES string of the molecule is Cc1cc(C(F)(C(F)(F)F)C(F)(F)F)cc(C)c1NC(=O)c1cccc(Cl)n1. The van der Waals surface area contributed by atoms with Gasteiger partial charge in [0.2, 0.25) is 0 Å². The van der Waals surface area contributed by atoms with Crippen LogP contribution in [0.5, 0.6) is 0 Å². The first-order valence-corrected chi connectivity index (χ1v) is 7.94. The van der Waals surface area contributed by atoms with Crippen LogP contribution in [0.15, 0.2) is 30.3 Å². The quantitative estimate of drug-likeness (QED) is 0.489. The van der Waals surface area contributed by atoms with E-state index < -0.39 is 29.5 Å². The van der Waals surface area contributed by atoms with Gasteiger partial charge in [0.05, 0.1) is 0 Å². The van der Waals surface area contributed by atoms with Crippen LogP contribution in [-0.2, 0) is 5.67 Å². The molecule has 0 aliphatic rings. The Morgan fingerprint density at radius 2 is 1.46 bits per heavy atom. The van der Waals surface area contributed by atoms with Crippen molar-refractivity contribution in [3.63, 3.8) is 0 Å². The molecule has 1 amide bonds. The van der Waals surface area contributed by atoms with Gasteiger partial charge in [0.25, 0.3) is 5.91 Å². The third kappa shape index (κ3) is 3.91. The number of amides is 1. The molecule has 1 heterocycles. The van der Waals surface area contributed by atoms with Crippen LogP contribution in [0.25, 0.3) is 0 Å². The van der Waals surface area contributed by atoms with Crippen LogP contribution in [0.4, 0.5) is 36.4 Å². The minimum atomic E-state index is -6.22. The van der Waals surface area contributed by atoms with E-state index in [4.69, 9.17) is 11.6 Å². The molecule has 0 aliphatic heterocycles. The maximum atomic E-state index is 14.2. The van der Waals surface area contributed by atoms with Crippen LogP contribution in [0.2, 0.25) is 5.15 Å². The fourth-order valence-corrected chi connectivity index (χ4v) is 2.72. The van der Waals surface area contributed by atoms with Crippen molar-refractivity contribution in [1.82, 2.24) is 4.98 Å². The predicted molar refractivity (Wildman–Crippen MR) is 88.0 cm³/mol. The Morgan fingerprint density at radius 1 is 0.964 bits per heavy atom. The number of aromatic nitrogens is 1. The lowest BCUT2D eigenvalue weighted by molar-refractivity contribution is -0.348. The molecule has 3 nitrogen and oxygen atoms in total. The van der Waals surface area contributed by atoms with Crippen LogP contribution >= 0.6 is 11.6 Å². The Labute approximate surface area is 159 Å². The Morgan fingerprint density at radius 3 is 1.89 bits per heavy atom. The molecule has 0 atom stereocenters. The molecule has 0 spiro atoms. The minimum Gasteiger partial charge on any atom is -0.320 e. The van der Waals surface area contributed by atoms with Crippen LogP contribution in [-0.4, -0.2) is 23.2 Å². The first kappa shape index (κ1) is 21.9. The second-order valence-corrected chi connectivity index (χ2v) is 6.33. The summed E-state index contributed by atoms with van der Waals surface area (Å²) in [7, 11) is 0. The molecule has 2 aromatic rings. The lowest BCUT2D eigenvalue weighted by Gasteiger charge is -2.31. The maximum absolute atomic E-state index is 14.2. The molecule has 0 aliphatic carbocycles. The van der Waals surface area contributed by atoms with E-state index in [-0.39, 0.29) is 27.7 Å². The standard InChI is InChI=1S/C17H12ClF7N2O/c1-8-6-10(15(19,16(20,21)22)17(23,24)25)7-9(2)13(8)27-14(28)11-4-3-5-12(18)26-11/h3-7H,1-2H3,(H,27,28). The summed E-state index contributed by atoms with van der Waals surface area (Å²) in [5.41, 5.74) is -7.75. The Hall–Kier alpha value is -2.36. The number of nitrogens with one attached hydrogen (secondary N) is 1. The largest absolute Gasteiger partial charge is 0.435 e. The van der Waals surface area contributed by atoms with Gasteiger partial charge in [-0.3, -0.25) is 4.79 Å². The van der Waals surface area contributed by atoms with Crippen LogP contribution in [0, 0.1) is 13.8 Å². The zero-order chi connectivity index (χ0) is 21.5.